The van der Waals surface area contributed by atoms with E-state index in [1.165, 1.54) is 0 Å². The first-order valence-electron chi connectivity index (χ1n) is 3.38. The third kappa shape index (κ3) is 0.817. The van der Waals surface area contributed by atoms with Crippen LogP contribution in [0.3, 0.4) is 0 Å². The summed E-state index contributed by atoms with van der Waals surface area (Å²) in [6.45, 7) is 0.913. The molecule has 0 aliphatic carbocycles. The van der Waals surface area contributed by atoms with E-state index >= 15 is 0 Å². The molecule has 2 nitrogen and oxygen atoms in total. The van der Waals surface area contributed by atoms with Crippen LogP contribution in [0.4, 0.5) is 0 Å². The summed E-state index contributed by atoms with van der Waals surface area (Å²) >= 11 is 0. The summed E-state index contributed by atoms with van der Waals surface area (Å²) in [6.07, 6.45) is 4.82. The largest absolute Gasteiger partial charge is 0.463 e. The van der Waals surface area contributed by atoms with Crippen LogP contribution in [0.5, 0.6) is 0 Å². The average molecular weight is 134 g/mol. The Bertz CT molecular complexity index is 236. The highest BCUT2D eigenvalue weighted by Gasteiger charge is 2.08. The van der Waals surface area contributed by atoms with Crippen molar-refractivity contribution in [1.29, 1.82) is 0 Å². The SMILES string of the molecule is C1=C(c2ccco2)[N]CC1. The zero-order valence-corrected chi connectivity index (χ0v) is 5.58. The van der Waals surface area contributed by atoms with E-state index in [9.17, 15) is 0 Å². The number of nitrogens with zero attached hydrogens (tertiary/aromatic N) is 1. The van der Waals surface area contributed by atoms with Gasteiger partial charge in [-0.3, -0.25) is 5.32 Å². The third-order valence-corrected chi connectivity index (χ3v) is 1.52. The molecule has 0 aromatic carbocycles. The van der Waals surface area contributed by atoms with E-state index in [2.05, 4.69) is 11.4 Å². The molecule has 1 aliphatic rings. The first kappa shape index (κ1) is 5.59. The van der Waals surface area contributed by atoms with Crippen molar-refractivity contribution in [2.75, 3.05) is 6.54 Å². The van der Waals surface area contributed by atoms with Gasteiger partial charge in [0.2, 0.25) is 0 Å². The van der Waals surface area contributed by atoms with Crippen molar-refractivity contribution in [2.45, 2.75) is 6.42 Å². The Kier molecular flexibility index (Phi) is 1.24. The summed E-state index contributed by atoms with van der Waals surface area (Å²) in [5.74, 6) is 0.887. The zero-order valence-electron chi connectivity index (χ0n) is 5.58. The fraction of sp³-hybridized carbons (Fsp3) is 0.250. The number of rotatable bonds is 1. The van der Waals surface area contributed by atoms with Crippen LogP contribution in [-0.2, 0) is 0 Å². The molecule has 0 atom stereocenters. The number of hydrogen-bond donors (Lipinski definition) is 0. The van der Waals surface area contributed by atoms with E-state index in [1.807, 2.05) is 12.1 Å². The summed E-state index contributed by atoms with van der Waals surface area (Å²) < 4.78 is 5.16. The Labute approximate surface area is 59.5 Å². The molecular weight excluding hydrogens is 126 g/mol. The maximum Gasteiger partial charge on any atom is 0.151 e. The fourth-order valence-corrected chi connectivity index (χ4v) is 1.05. The summed E-state index contributed by atoms with van der Waals surface area (Å²) in [4.78, 5) is 0. The molecule has 1 aromatic rings. The van der Waals surface area contributed by atoms with Gasteiger partial charge in [-0.15, -0.1) is 0 Å². The highest BCUT2D eigenvalue weighted by molar-refractivity contribution is 5.60. The first-order valence-corrected chi connectivity index (χ1v) is 3.38. The lowest BCUT2D eigenvalue weighted by atomic mass is 10.3. The molecule has 10 heavy (non-hydrogen) atoms. The van der Waals surface area contributed by atoms with Crippen molar-refractivity contribution in [1.82, 2.24) is 5.32 Å². The van der Waals surface area contributed by atoms with Gasteiger partial charge in [-0.2, -0.15) is 0 Å². The van der Waals surface area contributed by atoms with Crippen LogP contribution in [-0.4, -0.2) is 6.54 Å². The van der Waals surface area contributed by atoms with Gasteiger partial charge in [0.05, 0.1) is 12.0 Å². The van der Waals surface area contributed by atoms with Crippen LogP contribution < -0.4 is 5.32 Å². The molecule has 51 valence electrons. The Morgan fingerprint density at radius 3 is 3.10 bits per heavy atom. The average Bonchev–Trinajstić information content (AvgIpc) is 2.59. The second-order valence-electron chi connectivity index (χ2n) is 2.24. The molecule has 0 saturated carbocycles. The summed E-state index contributed by atoms with van der Waals surface area (Å²) in [5, 5.41) is 4.25. The quantitative estimate of drug-likeness (QED) is 0.573. The van der Waals surface area contributed by atoms with Crippen molar-refractivity contribution in [3.63, 3.8) is 0 Å². The van der Waals surface area contributed by atoms with Crippen molar-refractivity contribution in [2.24, 2.45) is 0 Å². The van der Waals surface area contributed by atoms with Crippen LogP contribution in [0.25, 0.3) is 5.70 Å². The predicted molar refractivity (Wildman–Crippen MR) is 38.3 cm³/mol. The third-order valence-electron chi connectivity index (χ3n) is 1.52. The highest BCUT2D eigenvalue weighted by Crippen LogP contribution is 2.17. The summed E-state index contributed by atoms with van der Waals surface area (Å²) in [7, 11) is 0. The van der Waals surface area contributed by atoms with Gasteiger partial charge >= 0.3 is 0 Å². The van der Waals surface area contributed by atoms with E-state index in [1.54, 1.807) is 6.26 Å². The van der Waals surface area contributed by atoms with E-state index < -0.39 is 0 Å². The van der Waals surface area contributed by atoms with Crippen molar-refractivity contribution in [3.8, 4) is 0 Å². The van der Waals surface area contributed by atoms with E-state index in [0.29, 0.717) is 0 Å². The zero-order chi connectivity index (χ0) is 6.81. The molecule has 0 spiro atoms. The number of furan rings is 1. The van der Waals surface area contributed by atoms with Crippen LogP contribution in [0.2, 0.25) is 0 Å². The monoisotopic (exact) mass is 134 g/mol. The Hall–Kier alpha value is -1.18. The predicted octanol–water partition coefficient (Wildman–Crippen LogP) is 1.63. The maximum atomic E-state index is 5.16. The number of hydrogen-bond acceptors (Lipinski definition) is 1. The standard InChI is InChI=1S/C8H8NO/c1-3-7(9-5-1)8-4-2-6-10-8/h2-4,6H,1,5H2. The minimum absolute atomic E-state index is 0.887. The molecule has 2 rings (SSSR count). The van der Waals surface area contributed by atoms with E-state index in [0.717, 1.165) is 24.4 Å². The highest BCUT2D eigenvalue weighted by atomic mass is 16.3. The second-order valence-corrected chi connectivity index (χ2v) is 2.24. The maximum absolute atomic E-state index is 5.16. The lowest BCUT2D eigenvalue weighted by Gasteiger charge is -1.93. The summed E-state index contributed by atoms with van der Waals surface area (Å²) in [5.41, 5.74) is 1.00. The normalized spacial score (nSPS) is 16.6. The molecule has 0 fully saturated rings. The summed E-state index contributed by atoms with van der Waals surface area (Å²) in [6, 6.07) is 3.81. The van der Waals surface area contributed by atoms with Crippen LogP contribution in [0.1, 0.15) is 12.2 Å². The van der Waals surface area contributed by atoms with Gasteiger partial charge in [-0.1, -0.05) is 6.08 Å². The van der Waals surface area contributed by atoms with Crippen LogP contribution in [0, 0.1) is 0 Å². The molecule has 0 saturated heterocycles. The van der Waals surface area contributed by atoms with Crippen molar-refractivity contribution in [3.05, 3.63) is 30.2 Å². The van der Waals surface area contributed by atoms with Crippen LogP contribution in [0.15, 0.2) is 28.9 Å². The van der Waals surface area contributed by atoms with Crippen LogP contribution >= 0.6 is 0 Å². The molecule has 0 amide bonds. The van der Waals surface area contributed by atoms with Gasteiger partial charge in [-0.05, 0) is 18.6 Å². The van der Waals surface area contributed by atoms with Crippen molar-refractivity contribution < 1.29 is 4.42 Å². The minimum Gasteiger partial charge on any atom is -0.463 e. The molecule has 2 heterocycles. The molecule has 1 aliphatic heterocycles. The van der Waals surface area contributed by atoms with E-state index in [4.69, 9.17) is 4.42 Å². The van der Waals surface area contributed by atoms with Gasteiger partial charge in [0.15, 0.2) is 5.76 Å². The molecule has 0 N–H and O–H groups in total. The molecule has 1 aromatic heterocycles. The molecule has 0 bridgehead atoms. The molecule has 1 radical (unpaired) electrons. The lowest BCUT2D eigenvalue weighted by Crippen LogP contribution is -1.95. The molecule has 2 heteroatoms. The van der Waals surface area contributed by atoms with Crippen molar-refractivity contribution >= 4 is 5.70 Å². The molecular formula is C8H8NO. The second kappa shape index (κ2) is 2.21. The Morgan fingerprint density at radius 2 is 2.50 bits per heavy atom. The van der Waals surface area contributed by atoms with Gasteiger partial charge in [-0.25, -0.2) is 0 Å². The van der Waals surface area contributed by atoms with E-state index in [-0.39, 0.29) is 0 Å². The first-order chi connectivity index (χ1) is 4.97. The minimum atomic E-state index is 0.887. The van der Waals surface area contributed by atoms with Gasteiger partial charge in [0.1, 0.15) is 0 Å². The molecule has 0 unspecified atom stereocenters. The van der Waals surface area contributed by atoms with Gasteiger partial charge in [0.25, 0.3) is 0 Å². The van der Waals surface area contributed by atoms with Gasteiger partial charge in [0, 0.05) is 6.54 Å². The smallest absolute Gasteiger partial charge is 0.151 e. The van der Waals surface area contributed by atoms with Gasteiger partial charge < -0.3 is 4.42 Å². The fourth-order valence-electron chi connectivity index (χ4n) is 1.05. The Balaban J connectivity index is 2.28. The topological polar surface area (TPSA) is 27.2 Å². The Morgan fingerprint density at radius 1 is 1.50 bits per heavy atom. The lowest BCUT2D eigenvalue weighted by molar-refractivity contribution is 0.548.